The van der Waals surface area contributed by atoms with E-state index >= 15 is 0 Å². The first-order chi connectivity index (χ1) is 9.18. The lowest BCUT2D eigenvalue weighted by Gasteiger charge is -2.16. The van der Waals surface area contributed by atoms with E-state index in [1.54, 1.807) is 12.1 Å². The lowest BCUT2D eigenvalue weighted by Crippen LogP contribution is -2.34. The van der Waals surface area contributed by atoms with E-state index in [1.165, 1.54) is 25.0 Å². The van der Waals surface area contributed by atoms with Crippen LogP contribution in [0.5, 0.6) is 0 Å². The minimum Gasteiger partial charge on any atom is -0.349 e. The maximum absolute atomic E-state index is 12.1. The van der Waals surface area contributed by atoms with Crippen LogP contribution in [0.3, 0.4) is 0 Å². The quantitative estimate of drug-likeness (QED) is 0.517. The molecule has 1 aromatic carbocycles. The van der Waals surface area contributed by atoms with Crippen LogP contribution >= 0.6 is 0 Å². The molecule has 1 aliphatic carbocycles. The van der Waals surface area contributed by atoms with Gasteiger partial charge in [-0.25, -0.2) is 0 Å². The van der Waals surface area contributed by atoms with Gasteiger partial charge in [-0.15, -0.1) is 0 Å². The fourth-order valence-electron chi connectivity index (χ4n) is 2.51. The van der Waals surface area contributed by atoms with Gasteiger partial charge in [-0.3, -0.25) is 14.9 Å². The summed E-state index contributed by atoms with van der Waals surface area (Å²) >= 11 is 0. The highest BCUT2D eigenvalue weighted by Gasteiger charge is 2.22. The minimum absolute atomic E-state index is 0.131. The molecule has 1 amide bonds. The predicted octanol–water partition coefficient (Wildman–Crippen LogP) is 3.05. The van der Waals surface area contributed by atoms with Crippen LogP contribution in [0.25, 0.3) is 0 Å². The monoisotopic (exact) mass is 262 g/mol. The van der Waals surface area contributed by atoms with Crippen molar-refractivity contribution in [1.82, 2.24) is 5.32 Å². The van der Waals surface area contributed by atoms with Crippen LogP contribution in [0, 0.1) is 10.1 Å². The molecule has 0 spiro atoms. The van der Waals surface area contributed by atoms with Crippen molar-refractivity contribution < 1.29 is 9.72 Å². The highest BCUT2D eigenvalue weighted by Crippen LogP contribution is 2.20. The standard InChI is InChI=1S/C14H18N2O3/c17-14(15-11-7-3-1-2-4-8-11)12-9-5-6-10-13(12)16(18)19/h5-6,9-11H,1-4,7-8H2,(H,15,17). The van der Waals surface area contributed by atoms with Gasteiger partial charge in [0.05, 0.1) is 4.92 Å². The molecule has 1 N–H and O–H groups in total. The van der Waals surface area contributed by atoms with Crippen molar-refractivity contribution in [1.29, 1.82) is 0 Å². The molecule has 1 saturated carbocycles. The van der Waals surface area contributed by atoms with Gasteiger partial charge in [0.1, 0.15) is 5.56 Å². The maximum Gasteiger partial charge on any atom is 0.282 e. The molecule has 1 aliphatic rings. The summed E-state index contributed by atoms with van der Waals surface area (Å²) in [5.41, 5.74) is 0.0189. The highest BCUT2D eigenvalue weighted by atomic mass is 16.6. The largest absolute Gasteiger partial charge is 0.349 e. The molecular weight excluding hydrogens is 244 g/mol. The molecule has 1 aromatic rings. The number of nitro groups is 1. The van der Waals surface area contributed by atoms with E-state index in [-0.39, 0.29) is 23.2 Å². The topological polar surface area (TPSA) is 72.2 Å². The number of nitro benzene ring substituents is 1. The Morgan fingerprint density at radius 2 is 1.79 bits per heavy atom. The Bertz CT molecular complexity index is 466. The third-order valence-electron chi connectivity index (χ3n) is 3.54. The molecule has 0 unspecified atom stereocenters. The second-order valence-corrected chi connectivity index (χ2v) is 4.94. The molecule has 19 heavy (non-hydrogen) atoms. The molecule has 0 aliphatic heterocycles. The van der Waals surface area contributed by atoms with Gasteiger partial charge in [0, 0.05) is 12.1 Å². The number of hydrogen-bond acceptors (Lipinski definition) is 3. The minimum atomic E-state index is -0.512. The first kappa shape index (κ1) is 13.5. The zero-order chi connectivity index (χ0) is 13.7. The maximum atomic E-state index is 12.1. The van der Waals surface area contributed by atoms with E-state index in [9.17, 15) is 14.9 Å². The lowest BCUT2D eigenvalue weighted by molar-refractivity contribution is -0.385. The summed E-state index contributed by atoms with van der Waals surface area (Å²) in [6.07, 6.45) is 6.57. The number of nitrogens with one attached hydrogen (secondary N) is 1. The molecule has 0 atom stereocenters. The summed E-state index contributed by atoms with van der Waals surface area (Å²) in [6.45, 7) is 0. The van der Waals surface area contributed by atoms with Gasteiger partial charge in [-0.2, -0.15) is 0 Å². The van der Waals surface area contributed by atoms with Crippen molar-refractivity contribution in [3.05, 3.63) is 39.9 Å². The second-order valence-electron chi connectivity index (χ2n) is 4.94. The molecule has 0 heterocycles. The van der Waals surface area contributed by atoms with Crippen LogP contribution in [0.15, 0.2) is 24.3 Å². The number of amides is 1. The van der Waals surface area contributed by atoms with Crippen LogP contribution in [-0.4, -0.2) is 16.9 Å². The van der Waals surface area contributed by atoms with Crippen molar-refractivity contribution in [3.8, 4) is 0 Å². The number of carbonyl (C=O) groups excluding carboxylic acids is 1. The first-order valence-corrected chi connectivity index (χ1v) is 6.73. The normalized spacial score (nSPS) is 16.6. The fraction of sp³-hybridized carbons (Fsp3) is 0.500. The summed E-state index contributed by atoms with van der Waals surface area (Å²) in [4.78, 5) is 22.5. The average Bonchev–Trinajstić information content (AvgIpc) is 2.67. The molecule has 5 nitrogen and oxygen atoms in total. The SMILES string of the molecule is O=C(NC1CCCCCC1)c1ccccc1[N+](=O)[O-]. The molecule has 0 aromatic heterocycles. The number of para-hydroxylation sites is 1. The van der Waals surface area contributed by atoms with Gasteiger partial charge in [-0.1, -0.05) is 37.8 Å². The van der Waals surface area contributed by atoms with Gasteiger partial charge < -0.3 is 5.32 Å². The molecule has 2 rings (SSSR count). The van der Waals surface area contributed by atoms with Crippen LogP contribution < -0.4 is 5.32 Å². The summed E-state index contributed by atoms with van der Waals surface area (Å²) in [5, 5.41) is 13.8. The van der Waals surface area contributed by atoms with Crippen LogP contribution in [-0.2, 0) is 0 Å². The number of benzene rings is 1. The van der Waals surface area contributed by atoms with Gasteiger partial charge in [0.15, 0.2) is 0 Å². The van der Waals surface area contributed by atoms with E-state index < -0.39 is 4.92 Å². The van der Waals surface area contributed by atoms with E-state index in [1.807, 2.05) is 0 Å². The van der Waals surface area contributed by atoms with Crippen LogP contribution in [0.2, 0.25) is 0 Å². The number of nitrogens with zero attached hydrogens (tertiary/aromatic N) is 1. The van der Waals surface area contributed by atoms with Crippen LogP contribution in [0.4, 0.5) is 5.69 Å². The van der Waals surface area contributed by atoms with Crippen molar-refractivity contribution in [3.63, 3.8) is 0 Å². The van der Waals surface area contributed by atoms with Crippen molar-refractivity contribution in [2.45, 2.75) is 44.6 Å². The Kier molecular flexibility index (Phi) is 4.49. The second kappa shape index (κ2) is 6.31. The predicted molar refractivity (Wildman–Crippen MR) is 72.1 cm³/mol. The van der Waals surface area contributed by atoms with E-state index in [4.69, 9.17) is 0 Å². The van der Waals surface area contributed by atoms with Gasteiger partial charge >= 0.3 is 0 Å². The zero-order valence-electron chi connectivity index (χ0n) is 10.8. The van der Waals surface area contributed by atoms with Gasteiger partial charge in [0.25, 0.3) is 11.6 Å². The Balaban J connectivity index is 2.09. The third-order valence-corrected chi connectivity index (χ3v) is 3.54. The fourth-order valence-corrected chi connectivity index (χ4v) is 2.51. The summed E-state index contributed by atoms with van der Waals surface area (Å²) in [7, 11) is 0. The molecule has 1 fully saturated rings. The van der Waals surface area contributed by atoms with E-state index in [2.05, 4.69) is 5.32 Å². The Labute approximate surface area is 112 Å². The number of hydrogen-bond donors (Lipinski definition) is 1. The van der Waals surface area contributed by atoms with E-state index in [0.717, 1.165) is 25.7 Å². The van der Waals surface area contributed by atoms with Crippen molar-refractivity contribution >= 4 is 11.6 Å². The lowest BCUT2D eigenvalue weighted by atomic mass is 10.1. The number of carbonyl (C=O) groups is 1. The summed E-state index contributed by atoms with van der Waals surface area (Å²) in [5.74, 6) is -0.334. The smallest absolute Gasteiger partial charge is 0.282 e. The first-order valence-electron chi connectivity index (χ1n) is 6.73. The zero-order valence-corrected chi connectivity index (χ0v) is 10.8. The van der Waals surface area contributed by atoms with Gasteiger partial charge in [-0.05, 0) is 18.9 Å². The molecule has 0 bridgehead atoms. The molecule has 0 saturated heterocycles. The Hall–Kier alpha value is -1.91. The number of rotatable bonds is 3. The van der Waals surface area contributed by atoms with E-state index in [0.29, 0.717) is 0 Å². The molecule has 102 valence electrons. The average molecular weight is 262 g/mol. The van der Waals surface area contributed by atoms with Crippen molar-refractivity contribution in [2.75, 3.05) is 0 Å². The molecular formula is C14H18N2O3. The Morgan fingerprint density at radius 3 is 2.42 bits per heavy atom. The third kappa shape index (κ3) is 3.53. The van der Waals surface area contributed by atoms with Crippen molar-refractivity contribution in [2.24, 2.45) is 0 Å². The Morgan fingerprint density at radius 1 is 1.16 bits per heavy atom. The summed E-state index contributed by atoms with van der Waals surface area (Å²) in [6, 6.07) is 6.23. The van der Waals surface area contributed by atoms with Crippen LogP contribution in [0.1, 0.15) is 48.9 Å². The molecule has 5 heteroatoms. The summed E-state index contributed by atoms with van der Waals surface area (Å²) < 4.78 is 0. The highest BCUT2D eigenvalue weighted by molar-refractivity contribution is 5.98. The van der Waals surface area contributed by atoms with Gasteiger partial charge in [0.2, 0.25) is 0 Å². The molecule has 0 radical (unpaired) electrons.